The Bertz CT molecular complexity index is 751. The van der Waals surface area contributed by atoms with Gasteiger partial charge in [0.25, 0.3) is 5.22 Å². The zero-order valence-electron chi connectivity index (χ0n) is 11.9. The SMILES string of the molecule is CSc1ccc(NC(=O)CSc2nc3ccccc3o2)cc1. The average molecular weight is 330 g/mol. The molecule has 22 heavy (non-hydrogen) atoms. The van der Waals surface area contributed by atoms with Crippen LogP contribution in [0.1, 0.15) is 0 Å². The van der Waals surface area contributed by atoms with Crippen LogP contribution in [0.15, 0.2) is 63.1 Å². The van der Waals surface area contributed by atoms with E-state index in [1.807, 2.05) is 54.8 Å². The third-order valence-electron chi connectivity index (χ3n) is 2.97. The summed E-state index contributed by atoms with van der Waals surface area (Å²) in [5.74, 6) is 0.182. The Kier molecular flexibility index (Phi) is 4.70. The Morgan fingerprint density at radius 3 is 2.68 bits per heavy atom. The molecule has 0 aliphatic carbocycles. The molecule has 0 unspecified atom stereocenters. The summed E-state index contributed by atoms with van der Waals surface area (Å²) >= 11 is 2.96. The Morgan fingerprint density at radius 1 is 1.18 bits per heavy atom. The standard InChI is InChI=1S/C16H14N2O2S2/c1-21-12-8-6-11(7-9-12)17-15(19)10-22-16-18-13-4-2-3-5-14(13)20-16/h2-9H,10H2,1H3,(H,17,19). The second-order valence-corrected chi connectivity index (χ2v) is 6.32. The molecule has 1 aromatic heterocycles. The monoisotopic (exact) mass is 330 g/mol. The van der Waals surface area contributed by atoms with Gasteiger partial charge in [0.05, 0.1) is 5.75 Å². The first-order chi connectivity index (χ1) is 10.7. The summed E-state index contributed by atoms with van der Waals surface area (Å²) in [6.45, 7) is 0. The van der Waals surface area contributed by atoms with E-state index in [9.17, 15) is 4.79 Å². The number of amides is 1. The van der Waals surface area contributed by atoms with Gasteiger partial charge in [0.15, 0.2) is 5.58 Å². The highest BCUT2D eigenvalue weighted by atomic mass is 32.2. The van der Waals surface area contributed by atoms with E-state index in [1.54, 1.807) is 11.8 Å². The molecule has 0 aliphatic rings. The van der Waals surface area contributed by atoms with Gasteiger partial charge in [-0.1, -0.05) is 23.9 Å². The van der Waals surface area contributed by atoms with Gasteiger partial charge in [-0.15, -0.1) is 11.8 Å². The van der Waals surface area contributed by atoms with Crippen molar-refractivity contribution in [2.45, 2.75) is 10.1 Å². The second kappa shape index (κ2) is 6.89. The molecular weight excluding hydrogens is 316 g/mol. The average Bonchev–Trinajstić information content (AvgIpc) is 2.96. The number of benzene rings is 2. The van der Waals surface area contributed by atoms with Crippen molar-refractivity contribution in [1.82, 2.24) is 4.98 Å². The van der Waals surface area contributed by atoms with Gasteiger partial charge >= 0.3 is 0 Å². The van der Waals surface area contributed by atoms with Crippen molar-refractivity contribution in [3.63, 3.8) is 0 Å². The Hall–Kier alpha value is -1.92. The first-order valence-electron chi connectivity index (χ1n) is 6.67. The van der Waals surface area contributed by atoms with Crippen molar-refractivity contribution in [2.24, 2.45) is 0 Å². The lowest BCUT2D eigenvalue weighted by molar-refractivity contribution is -0.113. The van der Waals surface area contributed by atoms with Gasteiger partial charge in [0, 0.05) is 10.6 Å². The molecule has 0 saturated heterocycles. The number of carbonyl (C=O) groups excluding carboxylic acids is 1. The van der Waals surface area contributed by atoms with E-state index >= 15 is 0 Å². The molecule has 1 N–H and O–H groups in total. The van der Waals surface area contributed by atoms with Gasteiger partial charge in [0.2, 0.25) is 5.91 Å². The molecule has 0 aliphatic heterocycles. The first kappa shape index (κ1) is 15.0. The van der Waals surface area contributed by atoms with Gasteiger partial charge in [-0.2, -0.15) is 0 Å². The van der Waals surface area contributed by atoms with E-state index in [0.29, 0.717) is 5.22 Å². The topological polar surface area (TPSA) is 55.1 Å². The molecule has 1 amide bonds. The van der Waals surface area contributed by atoms with Crippen molar-refractivity contribution < 1.29 is 9.21 Å². The highest BCUT2D eigenvalue weighted by Gasteiger charge is 2.09. The summed E-state index contributed by atoms with van der Waals surface area (Å²) in [7, 11) is 0. The van der Waals surface area contributed by atoms with Crippen LogP contribution in [0.3, 0.4) is 0 Å². The van der Waals surface area contributed by atoms with E-state index in [4.69, 9.17) is 4.42 Å². The minimum Gasteiger partial charge on any atom is -0.431 e. The fraction of sp³-hybridized carbons (Fsp3) is 0.125. The minimum atomic E-state index is -0.0795. The molecular formula is C16H14N2O2S2. The van der Waals surface area contributed by atoms with Crippen LogP contribution in [-0.4, -0.2) is 22.9 Å². The zero-order valence-corrected chi connectivity index (χ0v) is 13.5. The zero-order chi connectivity index (χ0) is 15.4. The largest absolute Gasteiger partial charge is 0.431 e. The first-order valence-corrected chi connectivity index (χ1v) is 8.88. The number of anilines is 1. The number of carbonyl (C=O) groups is 1. The van der Waals surface area contributed by atoms with E-state index in [2.05, 4.69) is 10.3 Å². The highest BCUT2D eigenvalue weighted by Crippen LogP contribution is 2.23. The summed E-state index contributed by atoms with van der Waals surface area (Å²) in [6.07, 6.45) is 2.02. The Labute approximate surface area is 136 Å². The van der Waals surface area contributed by atoms with Crippen LogP contribution in [0.25, 0.3) is 11.1 Å². The van der Waals surface area contributed by atoms with E-state index < -0.39 is 0 Å². The lowest BCUT2D eigenvalue weighted by Crippen LogP contribution is -2.13. The molecule has 0 bridgehead atoms. The van der Waals surface area contributed by atoms with Crippen LogP contribution in [-0.2, 0) is 4.79 Å². The molecule has 0 fully saturated rings. The summed E-state index contributed by atoms with van der Waals surface area (Å²) in [5, 5.41) is 3.37. The van der Waals surface area contributed by atoms with Gasteiger partial charge in [-0.05, 0) is 42.7 Å². The maximum absolute atomic E-state index is 11.9. The molecule has 0 spiro atoms. The maximum atomic E-state index is 11.9. The number of hydrogen-bond donors (Lipinski definition) is 1. The van der Waals surface area contributed by atoms with E-state index in [-0.39, 0.29) is 11.7 Å². The number of fused-ring (bicyclic) bond motifs is 1. The molecule has 0 radical (unpaired) electrons. The fourth-order valence-corrected chi connectivity index (χ4v) is 2.96. The molecule has 3 rings (SSSR count). The highest BCUT2D eigenvalue weighted by molar-refractivity contribution is 7.99. The second-order valence-electron chi connectivity index (χ2n) is 4.51. The number of thioether (sulfide) groups is 2. The normalized spacial score (nSPS) is 10.8. The number of para-hydroxylation sites is 2. The molecule has 1 heterocycles. The van der Waals surface area contributed by atoms with E-state index in [0.717, 1.165) is 16.8 Å². The van der Waals surface area contributed by atoms with Crippen molar-refractivity contribution in [2.75, 3.05) is 17.3 Å². The smallest absolute Gasteiger partial charge is 0.257 e. The quantitative estimate of drug-likeness (QED) is 0.708. The maximum Gasteiger partial charge on any atom is 0.257 e. The van der Waals surface area contributed by atoms with Crippen LogP contribution in [0.5, 0.6) is 0 Å². The third kappa shape index (κ3) is 3.64. The van der Waals surface area contributed by atoms with Crippen molar-refractivity contribution in [3.8, 4) is 0 Å². The van der Waals surface area contributed by atoms with Gasteiger partial charge < -0.3 is 9.73 Å². The van der Waals surface area contributed by atoms with Gasteiger partial charge in [0.1, 0.15) is 5.52 Å². The van der Waals surface area contributed by atoms with Crippen molar-refractivity contribution in [1.29, 1.82) is 0 Å². The Morgan fingerprint density at radius 2 is 1.95 bits per heavy atom. The predicted molar refractivity (Wildman–Crippen MR) is 91.6 cm³/mol. The van der Waals surface area contributed by atoms with Crippen LogP contribution < -0.4 is 5.32 Å². The van der Waals surface area contributed by atoms with Crippen molar-refractivity contribution >= 4 is 46.2 Å². The number of nitrogens with one attached hydrogen (secondary N) is 1. The predicted octanol–water partition coefficient (Wildman–Crippen LogP) is 4.28. The molecule has 112 valence electrons. The number of oxazole rings is 1. The Balaban J connectivity index is 1.57. The van der Waals surface area contributed by atoms with E-state index in [1.165, 1.54) is 16.7 Å². The lowest BCUT2D eigenvalue weighted by Gasteiger charge is -2.04. The molecule has 4 nitrogen and oxygen atoms in total. The van der Waals surface area contributed by atoms with Crippen LogP contribution in [0.2, 0.25) is 0 Å². The molecule has 3 aromatic rings. The van der Waals surface area contributed by atoms with Gasteiger partial charge in [-0.3, -0.25) is 4.79 Å². The van der Waals surface area contributed by atoms with Crippen LogP contribution in [0.4, 0.5) is 5.69 Å². The molecule has 0 saturated carbocycles. The molecule has 6 heteroatoms. The summed E-state index contributed by atoms with van der Waals surface area (Å²) in [5.41, 5.74) is 2.33. The summed E-state index contributed by atoms with van der Waals surface area (Å²) in [4.78, 5) is 17.4. The number of hydrogen-bond acceptors (Lipinski definition) is 5. The number of nitrogens with zero attached hydrogens (tertiary/aromatic N) is 1. The van der Waals surface area contributed by atoms with Crippen LogP contribution >= 0.6 is 23.5 Å². The summed E-state index contributed by atoms with van der Waals surface area (Å²) < 4.78 is 5.57. The van der Waals surface area contributed by atoms with Crippen LogP contribution in [0, 0.1) is 0 Å². The third-order valence-corrected chi connectivity index (χ3v) is 4.55. The minimum absolute atomic E-state index is 0.0795. The fourth-order valence-electron chi connectivity index (χ4n) is 1.91. The molecule has 2 aromatic carbocycles. The lowest BCUT2D eigenvalue weighted by atomic mass is 10.3. The van der Waals surface area contributed by atoms with Crippen molar-refractivity contribution in [3.05, 3.63) is 48.5 Å². The number of aromatic nitrogens is 1. The molecule has 0 atom stereocenters. The number of rotatable bonds is 5. The summed E-state index contributed by atoms with van der Waals surface area (Å²) in [6, 6.07) is 15.3. The van der Waals surface area contributed by atoms with Gasteiger partial charge in [-0.25, -0.2) is 4.98 Å².